The monoisotopic (exact) mass is 356 g/mol. The standard InChI is InChI=1S/C18H15FN2O2.CH2O2/c1-10-6-16(12-4-3-5-13(23)7-12)21-17-9-18(20-11(2)22)15(19)8-14(10)17;2-1-3/h3-9,23H,1-2H3,(H,20,22);1H,(H,2,3). The van der Waals surface area contributed by atoms with Crippen molar-refractivity contribution in [2.45, 2.75) is 13.8 Å². The van der Waals surface area contributed by atoms with Gasteiger partial charge in [-0.15, -0.1) is 0 Å². The lowest BCUT2D eigenvalue weighted by molar-refractivity contribution is -0.123. The SMILES string of the molecule is CC(=O)Nc1cc2nc(-c3cccc(O)c3)cc(C)c2cc1F.O=CO. The summed E-state index contributed by atoms with van der Waals surface area (Å²) in [5.74, 6) is -0.688. The largest absolute Gasteiger partial charge is 0.508 e. The quantitative estimate of drug-likeness (QED) is 0.608. The molecule has 3 aromatic rings. The number of anilines is 1. The van der Waals surface area contributed by atoms with Crippen molar-refractivity contribution in [3.8, 4) is 17.0 Å². The van der Waals surface area contributed by atoms with E-state index in [9.17, 15) is 14.3 Å². The van der Waals surface area contributed by atoms with Crippen LogP contribution < -0.4 is 5.32 Å². The van der Waals surface area contributed by atoms with Gasteiger partial charge in [0.25, 0.3) is 6.47 Å². The number of nitrogens with one attached hydrogen (secondary N) is 1. The molecule has 1 amide bonds. The minimum atomic E-state index is -0.497. The molecule has 6 nitrogen and oxygen atoms in total. The molecule has 0 aliphatic heterocycles. The summed E-state index contributed by atoms with van der Waals surface area (Å²) in [7, 11) is 0. The Kier molecular flexibility index (Phi) is 5.85. The van der Waals surface area contributed by atoms with Crippen molar-refractivity contribution in [1.29, 1.82) is 0 Å². The number of carbonyl (C=O) groups excluding carboxylic acids is 1. The van der Waals surface area contributed by atoms with Gasteiger partial charge in [-0.2, -0.15) is 0 Å². The molecule has 26 heavy (non-hydrogen) atoms. The second-order valence-corrected chi connectivity index (χ2v) is 5.51. The summed E-state index contributed by atoms with van der Waals surface area (Å²) in [5, 5.41) is 19.6. The van der Waals surface area contributed by atoms with Gasteiger partial charge >= 0.3 is 0 Å². The average molecular weight is 356 g/mol. The van der Waals surface area contributed by atoms with Gasteiger partial charge in [0.1, 0.15) is 11.6 Å². The number of rotatable bonds is 2. The Morgan fingerprint density at radius 3 is 2.54 bits per heavy atom. The van der Waals surface area contributed by atoms with Gasteiger partial charge in [0, 0.05) is 17.9 Å². The number of carbonyl (C=O) groups is 2. The highest BCUT2D eigenvalue weighted by molar-refractivity contribution is 5.93. The molecule has 0 atom stereocenters. The molecule has 7 heteroatoms. The van der Waals surface area contributed by atoms with Crippen LogP contribution in [0.5, 0.6) is 5.75 Å². The van der Waals surface area contributed by atoms with Crippen LogP contribution in [0.3, 0.4) is 0 Å². The zero-order valence-corrected chi connectivity index (χ0v) is 14.2. The minimum Gasteiger partial charge on any atom is -0.508 e. The van der Waals surface area contributed by atoms with Crippen molar-refractivity contribution < 1.29 is 24.2 Å². The summed E-state index contributed by atoms with van der Waals surface area (Å²) < 4.78 is 14.1. The summed E-state index contributed by atoms with van der Waals surface area (Å²) in [5.41, 5.74) is 2.98. The first-order valence-corrected chi connectivity index (χ1v) is 7.61. The van der Waals surface area contributed by atoms with Crippen LogP contribution in [0.2, 0.25) is 0 Å². The summed E-state index contributed by atoms with van der Waals surface area (Å²) in [4.78, 5) is 24.1. The van der Waals surface area contributed by atoms with Crippen molar-refractivity contribution in [2.75, 3.05) is 5.32 Å². The number of amides is 1. The van der Waals surface area contributed by atoms with E-state index in [1.54, 1.807) is 18.2 Å². The molecule has 0 unspecified atom stereocenters. The smallest absolute Gasteiger partial charge is 0.290 e. The molecule has 0 saturated carbocycles. The van der Waals surface area contributed by atoms with E-state index < -0.39 is 5.82 Å². The highest BCUT2D eigenvalue weighted by Gasteiger charge is 2.11. The second kappa shape index (κ2) is 8.06. The molecular formula is C19H17FN2O4. The Hall–Kier alpha value is -3.48. The molecule has 0 saturated heterocycles. The Labute approximate surface area is 148 Å². The van der Waals surface area contributed by atoms with E-state index in [0.717, 1.165) is 11.1 Å². The summed E-state index contributed by atoms with van der Waals surface area (Å²) in [6.07, 6.45) is 0. The lowest BCUT2D eigenvalue weighted by Gasteiger charge is -2.10. The van der Waals surface area contributed by atoms with E-state index in [0.29, 0.717) is 16.6 Å². The van der Waals surface area contributed by atoms with E-state index in [1.165, 1.54) is 19.1 Å². The minimum absolute atomic E-state index is 0.102. The van der Waals surface area contributed by atoms with Gasteiger partial charge in [-0.3, -0.25) is 9.59 Å². The molecule has 1 aromatic heterocycles. The molecule has 0 radical (unpaired) electrons. The fourth-order valence-electron chi connectivity index (χ4n) is 2.51. The third kappa shape index (κ3) is 4.32. The second-order valence-electron chi connectivity index (χ2n) is 5.51. The number of phenolic OH excluding ortho intramolecular Hbond substituents is 1. The zero-order chi connectivity index (χ0) is 19.3. The highest BCUT2D eigenvalue weighted by Crippen LogP contribution is 2.29. The van der Waals surface area contributed by atoms with Crippen LogP contribution in [0.15, 0.2) is 42.5 Å². The molecular weight excluding hydrogens is 339 g/mol. The normalized spacial score (nSPS) is 9.96. The van der Waals surface area contributed by atoms with E-state index in [4.69, 9.17) is 9.90 Å². The van der Waals surface area contributed by atoms with Crippen LogP contribution in [-0.4, -0.2) is 27.6 Å². The molecule has 2 aromatic carbocycles. The zero-order valence-electron chi connectivity index (χ0n) is 14.2. The molecule has 0 fully saturated rings. The van der Waals surface area contributed by atoms with Crippen molar-refractivity contribution in [3.63, 3.8) is 0 Å². The van der Waals surface area contributed by atoms with E-state index in [1.807, 2.05) is 19.1 Å². The number of pyridine rings is 1. The molecule has 3 rings (SSSR count). The number of aromatic nitrogens is 1. The molecule has 0 aliphatic carbocycles. The number of aryl methyl sites for hydroxylation is 1. The Balaban J connectivity index is 0.000000758. The average Bonchev–Trinajstić information content (AvgIpc) is 2.56. The van der Waals surface area contributed by atoms with Crippen LogP contribution in [0.1, 0.15) is 12.5 Å². The fraction of sp³-hybridized carbons (Fsp3) is 0.105. The van der Waals surface area contributed by atoms with Gasteiger partial charge in [-0.1, -0.05) is 12.1 Å². The molecule has 0 aliphatic rings. The van der Waals surface area contributed by atoms with Crippen LogP contribution >= 0.6 is 0 Å². The van der Waals surface area contributed by atoms with Crippen molar-refractivity contribution in [1.82, 2.24) is 4.98 Å². The van der Waals surface area contributed by atoms with E-state index >= 15 is 0 Å². The number of hydrogen-bond donors (Lipinski definition) is 3. The number of halogens is 1. The van der Waals surface area contributed by atoms with Crippen LogP contribution in [0.25, 0.3) is 22.2 Å². The maximum Gasteiger partial charge on any atom is 0.290 e. The fourth-order valence-corrected chi connectivity index (χ4v) is 2.51. The van der Waals surface area contributed by atoms with Crippen molar-refractivity contribution >= 4 is 29.0 Å². The molecule has 3 N–H and O–H groups in total. The molecule has 0 bridgehead atoms. The predicted molar refractivity (Wildman–Crippen MR) is 96.5 cm³/mol. The number of benzene rings is 2. The molecule has 134 valence electrons. The van der Waals surface area contributed by atoms with Crippen molar-refractivity contribution in [3.05, 3.63) is 53.8 Å². The summed E-state index contributed by atoms with van der Waals surface area (Å²) in [6.45, 7) is 2.94. The first-order chi connectivity index (χ1) is 12.3. The van der Waals surface area contributed by atoms with Gasteiger partial charge in [-0.25, -0.2) is 9.37 Å². The van der Waals surface area contributed by atoms with Gasteiger partial charge in [-0.05, 0) is 42.8 Å². The number of fused-ring (bicyclic) bond motifs is 1. The third-order valence-electron chi connectivity index (χ3n) is 3.56. The molecule has 1 heterocycles. The topological polar surface area (TPSA) is 99.5 Å². The third-order valence-corrected chi connectivity index (χ3v) is 3.56. The van der Waals surface area contributed by atoms with E-state index in [-0.39, 0.29) is 23.8 Å². The first-order valence-electron chi connectivity index (χ1n) is 7.61. The number of hydrogen-bond acceptors (Lipinski definition) is 4. The van der Waals surface area contributed by atoms with Gasteiger partial charge in [0.05, 0.1) is 16.9 Å². The van der Waals surface area contributed by atoms with Crippen LogP contribution in [0.4, 0.5) is 10.1 Å². The number of nitrogens with zero attached hydrogens (tertiary/aromatic N) is 1. The Morgan fingerprint density at radius 2 is 1.92 bits per heavy atom. The van der Waals surface area contributed by atoms with E-state index in [2.05, 4.69) is 10.3 Å². The Bertz CT molecular complexity index is 973. The van der Waals surface area contributed by atoms with Crippen molar-refractivity contribution in [2.24, 2.45) is 0 Å². The highest BCUT2D eigenvalue weighted by atomic mass is 19.1. The lowest BCUT2D eigenvalue weighted by atomic mass is 10.0. The first kappa shape index (κ1) is 18.9. The number of carboxylic acid groups (broad SMARTS) is 1. The van der Waals surface area contributed by atoms with Gasteiger partial charge in [0.15, 0.2) is 0 Å². The number of phenols is 1. The maximum atomic E-state index is 14.1. The predicted octanol–water partition coefficient (Wildman–Crippen LogP) is 3.71. The number of aromatic hydroxyl groups is 1. The van der Waals surface area contributed by atoms with Gasteiger partial charge < -0.3 is 15.5 Å². The lowest BCUT2D eigenvalue weighted by Crippen LogP contribution is -2.07. The Morgan fingerprint density at radius 1 is 1.23 bits per heavy atom. The summed E-state index contributed by atoms with van der Waals surface area (Å²) >= 11 is 0. The summed E-state index contributed by atoms with van der Waals surface area (Å²) in [6, 6.07) is 11.5. The van der Waals surface area contributed by atoms with Crippen LogP contribution in [0, 0.1) is 12.7 Å². The van der Waals surface area contributed by atoms with Gasteiger partial charge in [0.2, 0.25) is 5.91 Å². The van der Waals surface area contributed by atoms with Crippen LogP contribution in [-0.2, 0) is 9.59 Å². The maximum absolute atomic E-state index is 14.1. The molecule has 0 spiro atoms.